The molecule has 1 fully saturated rings. The summed E-state index contributed by atoms with van der Waals surface area (Å²) in [6.45, 7) is 3.01. The summed E-state index contributed by atoms with van der Waals surface area (Å²) in [5.41, 5.74) is 7.20. The second-order valence-corrected chi connectivity index (χ2v) is 5.19. The Hall–Kier alpha value is -1.10. The van der Waals surface area contributed by atoms with E-state index in [2.05, 4.69) is 17.0 Å². The number of ether oxygens (including phenoxy) is 1. The molecule has 4 heteroatoms. The fourth-order valence-electron chi connectivity index (χ4n) is 2.89. The fraction of sp³-hybridized carbons (Fsp3) is 0.600. The molecule has 19 heavy (non-hydrogen) atoms. The number of aliphatic hydroxyl groups is 1. The van der Waals surface area contributed by atoms with Crippen LogP contribution in [0.4, 0.5) is 0 Å². The van der Waals surface area contributed by atoms with E-state index in [-0.39, 0.29) is 12.6 Å². The summed E-state index contributed by atoms with van der Waals surface area (Å²) >= 11 is 0. The van der Waals surface area contributed by atoms with E-state index in [1.807, 2.05) is 12.1 Å². The molecule has 2 rings (SSSR count). The van der Waals surface area contributed by atoms with Gasteiger partial charge >= 0.3 is 0 Å². The number of aliphatic hydroxyl groups excluding tert-OH is 1. The Morgan fingerprint density at radius 3 is 2.74 bits per heavy atom. The number of benzene rings is 1. The third-order valence-corrected chi connectivity index (χ3v) is 4.02. The van der Waals surface area contributed by atoms with E-state index >= 15 is 0 Å². The average molecular weight is 264 g/mol. The first-order chi connectivity index (χ1) is 9.28. The van der Waals surface area contributed by atoms with E-state index in [4.69, 9.17) is 15.6 Å². The van der Waals surface area contributed by atoms with E-state index in [1.165, 1.54) is 5.56 Å². The molecule has 1 heterocycles. The van der Waals surface area contributed by atoms with Crippen molar-refractivity contribution in [3.8, 4) is 5.75 Å². The SMILES string of the molecule is COc1ccc(C(CN)N2CCC(CCO)C2)cc1. The number of nitrogens with zero attached hydrogens (tertiary/aromatic N) is 1. The molecule has 0 aromatic heterocycles. The zero-order valence-corrected chi connectivity index (χ0v) is 11.6. The summed E-state index contributed by atoms with van der Waals surface area (Å²) in [4.78, 5) is 2.43. The first-order valence-corrected chi connectivity index (χ1v) is 6.97. The van der Waals surface area contributed by atoms with Crippen LogP contribution in [0.25, 0.3) is 0 Å². The van der Waals surface area contributed by atoms with Crippen molar-refractivity contribution in [1.82, 2.24) is 4.90 Å². The summed E-state index contributed by atoms with van der Waals surface area (Å²) in [6.07, 6.45) is 2.06. The van der Waals surface area contributed by atoms with Gasteiger partial charge < -0.3 is 15.6 Å². The van der Waals surface area contributed by atoms with Crippen LogP contribution in [0.1, 0.15) is 24.4 Å². The topological polar surface area (TPSA) is 58.7 Å². The maximum Gasteiger partial charge on any atom is 0.118 e. The molecular weight excluding hydrogens is 240 g/mol. The Balaban J connectivity index is 2.03. The van der Waals surface area contributed by atoms with Crippen LogP contribution < -0.4 is 10.5 Å². The monoisotopic (exact) mass is 264 g/mol. The van der Waals surface area contributed by atoms with Crippen molar-refractivity contribution in [2.24, 2.45) is 11.7 Å². The van der Waals surface area contributed by atoms with E-state index < -0.39 is 0 Å². The van der Waals surface area contributed by atoms with Gasteiger partial charge in [0.15, 0.2) is 0 Å². The quantitative estimate of drug-likeness (QED) is 0.815. The van der Waals surface area contributed by atoms with Gasteiger partial charge in [-0.05, 0) is 43.0 Å². The molecule has 0 amide bonds. The van der Waals surface area contributed by atoms with E-state index in [0.29, 0.717) is 12.5 Å². The Morgan fingerprint density at radius 1 is 1.42 bits per heavy atom. The Labute approximate surface area is 115 Å². The summed E-state index contributed by atoms with van der Waals surface area (Å²) in [5.74, 6) is 1.48. The molecule has 1 aromatic carbocycles. The summed E-state index contributed by atoms with van der Waals surface area (Å²) in [7, 11) is 1.68. The molecule has 0 saturated carbocycles. The molecule has 2 unspecified atom stereocenters. The van der Waals surface area contributed by atoms with Crippen LogP contribution in [0.5, 0.6) is 5.75 Å². The molecule has 1 aromatic rings. The zero-order valence-electron chi connectivity index (χ0n) is 11.6. The second-order valence-electron chi connectivity index (χ2n) is 5.19. The minimum atomic E-state index is 0.273. The fourth-order valence-corrected chi connectivity index (χ4v) is 2.89. The van der Waals surface area contributed by atoms with Crippen LogP contribution in [0.2, 0.25) is 0 Å². The highest BCUT2D eigenvalue weighted by molar-refractivity contribution is 5.29. The first kappa shape index (κ1) is 14.3. The summed E-state index contributed by atoms with van der Waals surface area (Å²) in [6, 6.07) is 8.43. The van der Waals surface area contributed by atoms with Crippen LogP contribution in [0.3, 0.4) is 0 Å². The lowest BCUT2D eigenvalue weighted by Crippen LogP contribution is -2.32. The van der Waals surface area contributed by atoms with Gasteiger partial charge in [-0.1, -0.05) is 12.1 Å². The Bertz CT molecular complexity index is 380. The molecule has 1 saturated heterocycles. The molecule has 0 spiro atoms. The van der Waals surface area contributed by atoms with Crippen molar-refractivity contribution in [2.75, 3.05) is 33.4 Å². The number of hydrogen-bond acceptors (Lipinski definition) is 4. The van der Waals surface area contributed by atoms with Gasteiger partial charge in [0.2, 0.25) is 0 Å². The van der Waals surface area contributed by atoms with E-state index in [9.17, 15) is 0 Å². The van der Waals surface area contributed by atoms with Gasteiger partial charge in [-0.25, -0.2) is 0 Å². The van der Waals surface area contributed by atoms with Crippen LogP contribution in [0, 0.1) is 5.92 Å². The maximum atomic E-state index is 9.03. The zero-order chi connectivity index (χ0) is 13.7. The van der Waals surface area contributed by atoms with E-state index in [1.54, 1.807) is 7.11 Å². The maximum absolute atomic E-state index is 9.03. The lowest BCUT2D eigenvalue weighted by molar-refractivity contribution is 0.222. The lowest BCUT2D eigenvalue weighted by Gasteiger charge is -2.27. The molecule has 0 aliphatic carbocycles. The van der Waals surface area contributed by atoms with Crippen molar-refractivity contribution >= 4 is 0 Å². The molecule has 1 aliphatic rings. The van der Waals surface area contributed by atoms with E-state index in [0.717, 1.165) is 31.7 Å². The van der Waals surface area contributed by atoms with Crippen LogP contribution in [-0.4, -0.2) is 43.4 Å². The normalized spacial score (nSPS) is 21.5. The molecule has 4 nitrogen and oxygen atoms in total. The summed E-state index contributed by atoms with van der Waals surface area (Å²) < 4.78 is 5.18. The van der Waals surface area contributed by atoms with Crippen molar-refractivity contribution < 1.29 is 9.84 Å². The number of nitrogens with two attached hydrogens (primary N) is 1. The van der Waals surface area contributed by atoms with Crippen molar-refractivity contribution in [3.63, 3.8) is 0 Å². The highest BCUT2D eigenvalue weighted by atomic mass is 16.5. The third kappa shape index (κ3) is 3.47. The minimum Gasteiger partial charge on any atom is -0.497 e. The molecule has 0 radical (unpaired) electrons. The van der Waals surface area contributed by atoms with Gasteiger partial charge in [-0.2, -0.15) is 0 Å². The highest BCUT2D eigenvalue weighted by Crippen LogP contribution is 2.29. The molecule has 0 bridgehead atoms. The van der Waals surface area contributed by atoms with Gasteiger partial charge in [0.05, 0.1) is 7.11 Å². The van der Waals surface area contributed by atoms with Crippen LogP contribution >= 0.6 is 0 Å². The molecule has 1 aliphatic heterocycles. The second kappa shape index (κ2) is 6.89. The molecule has 2 atom stereocenters. The highest BCUT2D eigenvalue weighted by Gasteiger charge is 2.27. The van der Waals surface area contributed by atoms with Gasteiger partial charge in [-0.3, -0.25) is 4.90 Å². The van der Waals surface area contributed by atoms with Crippen molar-refractivity contribution in [2.45, 2.75) is 18.9 Å². The molecule has 106 valence electrons. The average Bonchev–Trinajstić information content (AvgIpc) is 2.89. The number of hydrogen-bond donors (Lipinski definition) is 2. The molecule has 3 N–H and O–H groups in total. The standard InChI is InChI=1S/C15H24N2O2/c1-19-14-4-2-13(3-5-14)15(10-16)17-8-6-12(11-17)7-9-18/h2-5,12,15,18H,6-11,16H2,1H3. The largest absolute Gasteiger partial charge is 0.497 e. The smallest absolute Gasteiger partial charge is 0.118 e. The Kier molecular flexibility index (Phi) is 5.19. The van der Waals surface area contributed by atoms with Crippen molar-refractivity contribution in [3.05, 3.63) is 29.8 Å². The minimum absolute atomic E-state index is 0.273. The lowest BCUT2D eigenvalue weighted by atomic mass is 10.0. The predicted octanol–water partition coefficient (Wildman–Crippen LogP) is 1.40. The number of rotatable bonds is 6. The van der Waals surface area contributed by atoms with Gasteiger partial charge in [0, 0.05) is 25.7 Å². The number of likely N-dealkylation sites (tertiary alicyclic amines) is 1. The third-order valence-electron chi connectivity index (χ3n) is 4.02. The van der Waals surface area contributed by atoms with Crippen molar-refractivity contribution in [1.29, 1.82) is 0 Å². The van der Waals surface area contributed by atoms with Gasteiger partial charge in [-0.15, -0.1) is 0 Å². The van der Waals surface area contributed by atoms with Gasteiger partial charge in [0.1, 0.15) is 5.75 Å². The van der Waals surface area contributed by atoms with Gasteiger partial charge in [0.25, 0.3) is 0 Å². The first-order valence-electron chi connectivity index (χ1n) is 6.97. The van der Waals surface area contributed by atoms with Crippen LogP contribution in [-0.2, 0) is 0 Å². The predicted molar refractivity (Wildman–Crippen MR) is 76.2 cm³/mol. The Morgan fingerprint density at radius 2 is 2.16 bits per heavy atom. The molecular formula is C15H24N2O2. The van der Waals surface area contributed by atoms with Crippen LogP contribution in [0.15, 0.2) is 24.3 Å². The number of methoxy groups -OCH3 is 1. The summed E-state index contributed by atoms with van der Waals surface area (Å²) in [5, 5.41) is 9.03.